The molecule has 0 aliphatic rings. The van der Waals surface area contributed by atoms with Gasteiger partial charge in [0.15, 0.2) is 9.84 Å². The zero-order valence-electron chi connectivity index (χ0n) is 19.5. The van der Waals surface area contributed by atoms with Crippen molar-refractivity contribution in [2.75, 3.05) is 12.4 Å². The van der Waals surface area contributed by atoms with Crippen LogP contribution in [0.25, 0.3) is 0 Å². The van der Waals surface area contributed by atoms with Crippen LogP contribution in [-0.2, 0) is 9.84 Å². The van der Waals surface area contributed by atoms with E-state index >= 15 is 0 Å². The normalized spacial score (nSPS) is 11.4. The van der Waals surface area contributed by atoms with Crippen molar-refractivity contribution in [3.8, 4) is 11.5 Å². The molecule has 2 aromatic rings. The highest BCUT2D eigenvalue weighted by Crippen LogP contribution is 2.23. The number of sulfone groups is 1. The minimum Gasteiger partial charge on any atom is -0.507 e. The molecule has 0 saturated heterocycles. The number of hydrogen-bond donors (Lipinski definition) is 2. The maximum absolute atomic E-state index is 12.3. The summed E-state index contributed by atoms with van der Waals surface area (Å²) < 4.78 is 30.2. The first kappa shape index (κ1) is 26.7. The molecule has 0 aliphatic heterocycles. The topological polar surface area (TPSA) is 101 Å². The van der Waals surface area contributed by atoms with Gasteiger partial charge in [-0.1, -0.05) is 69.1 Å². The van der Waals surface area contributed by atoms with Crippen molar-refractivity contribution < 1.29 is 28.2 Å². The van der Waals surface area contributed by atoms with Crippen LogP contribution >= 0.6 is 0 Å². The number of ether oxygens (including phenoxy) is 1. The quantitative estimate of drug-likeness (QED) is 0.282. The van der Waals surface area contributed by atoms with Gasteiger partial charge in [-0.15, -0.1) is 0 Å². The summed E-state index contributed by atoms with van der Waals surface area (Å²) in [6.07, 6.45) is 10.5. The lowest BCUT2D eigenvalue weighted by atomic mass is 10.1. The van der Waals surface area contributed by atoms with E-state index < -0.39 is 15.8 Å². The van der Waals surface area contributed by atoms with Crippen molar-refractivity contribution >= 4 is 15.8 Å². The number of unbranched alkanes of at least 4 members (excludes halogenated alkanes) is 9. The number of aryl methyl sites for hydroxylation is 1. The highest BCUT2D eigenvalue weighted by Gasteiger charge is 2.13. The summed E-state index contributed by atoms with van der Waals surface area (Å²) in [5, 5.41) is 18.5. The average Bonchev–Trinajstić information content (AvgIpc) is 2.78. The van der Waals surface area contributed by atoms with Gasteiger partial charge in [-0.05, 0) is 50.1 Å². The molecular weight excluding hydrogens is 440 g/mol. The van der Waals surface area contributed by atoms with Crippen molar-refractivity contribution in [2.45, 2.75) is 76.0 Å². The Labute approximate surface area is 197 Å². The molecule has 0 amide bonds. The van der Waals surface area contributed by atoms with Crippen LogP contribution < -0.4 is 4.74 Å². The molecule has 0 radical (unpaired) electrons. The van der Waals surface area contributed by atoms with Crippen molar-refractivity contribution in [3.63, 3.8) is 0 Å². The molecule has 7 heteroatoms. The lowest BCUT2D eigenvalue weighted by Gasteiger charge is -2.08. The molecule has 0 bridgehead atoms. The molecular formula is C26H36O6S. The predicted octanol–water partition coefficient (Wildman–Crippen LogP) is 6.15. The summed E-state index contributed by atoms with van der Waals surface area (Å²) in [4.78, 5) is 11.4. The van der Waals surface area contributed by atoms with Crippen LogP contribution in [0.4, 0.5) is 0 Å². The van der Waals surface area contributed by atoms with Crippen LogP contribution in [0.15, 0.2) is 47.4 Å². The Hall–Kier alpha value is -2.54. The van der Waals surface area contributed by atoms with Gasteiger partial charge < -0.3 is 14.9 Å². The van der Waals surface area contributed by atoms with E-state index in [0.717, 1.165) is 44.1 Å². The molecule has 2 rings (SSSR count). The molecule has 0 aromatic heterocycles. The van der Waals surface area contributed by atoms with Gasteiger partial charge in [-0.25, -0.2) is 13.2 Å². The number of hydrogen-bond acceptors (Lipinski definition) is 5. The third-order valence-corrected chi connectivity index (χ3v) is 7.47. The van der Waals surface area contributed by atoms with E-state index in [-0.39, 0.29) is 17.1 Å². The Kier molecular flexibility index (Phi) is 11.2. The van der Waals surface area contributed by atoms with Crippen LogP contribution in [0, 0.1) is 6.92 Å². The highest BCUT2D eigenvalue weighted by atomic mass is 32.2. The number of carboxylic acids is 1. The summed E-state index contributed by atoms with van der Waals surface area (Å²) in [7, 11) is -3.16. The van der Waals surface area contributed by atoms with Crippen LogP contribution in [0.5, 0.6) is 11.5 Å². The molecule has 0 unspecified atom stereocenters. The van der Waals surface area contributed by atoms with E-state index in [1.807, 2.05) is 19.1 Å². The van der Waals surface area contributed by atoms with Gasteiger partial charge in [0.2, 0.25) is 0 Å². The monoisotopic (exact) mass is 476 g/mol. The molecule has 0 atom stereocenters. The fraction of sp³-hybridized carbons (Fsp3) is 0.500. The van der Waals surface area contributed by atoms with E-state index in [1.54, 1.807) is 18.2 Å². The lowest BCUT2D eigenvalue weighted by Crippen LogP contribution is -2.06. The van der Waals surface area contributed by atoms with E-state index in [4.69, 9.17) is 9.84 Å². The summed E-state index contributed by atoms with van der Waals surface area (Å²) in [6.45, 7) is 2.47. The van der Waals surface area contributed by atoms with Gasteiger partial charge in [0.05, 0.1) is 17.3 Å². The SMILES string of the molecule is Cc1ccc(S(=O)(=O)CCCCCCCCCCCCOc2ccc(O)c(C(=O)O)c2)cc1. The maximum Gasteiger partial charge on any atom is 0.339 e. The van der Waals surface area contributed by atoms with Crippen LogP contribution in [-0.4, -0.2) is 37.0 Å². The van der Waals surface area contributed by atoms with Gasteiger partial charge in [0.25, 0.3) is 0 Å². The fourth-order valence-electron chi connectivity index (χ4n) is 3.64. The molecule has 0 saturated carbocycles. The third-order valence-electron chi connectivity index (χ3n) is 5.65. The number of phenols is 1. The number of aromatic carboxylic acids is 1. The second kappa shape index (κ2) is 13.9. The number of carbonyl (C=O) groups is 1. The third kappa shape index (κ3) is 9.86. The standard InChI is InChI=1S/C26H36O6S/c1-21-12-15-23(16-13-21)33(30,31)19-11-9-7-5-3-2-4-6-8-10-18-32-22-14-17-25(27)24(20-22)26(28)29/h12-17,20,27H,2-11,18-19H2,1H3,(H,28,29). The molecule has 33 heavy (non-hydrogen) atoms. The van der Waals surface area contributed by atoms with Crippen LogP contribution in [0.3, 0.4) is 0 Å². The van der Waals surface area contributed by atoms with Crippen molar-refractivity contribution in [2.24, 2.45) is 0 Å². The van der Waals surface area contributed by atoms with E-state index in [2.05, 4.69) is 0 Å². The van der Waals surface area contributed by atoms with Gasteiger partial charge in [-0.2, -0.15) is 0 Å². The van der Waals surface area contributed by atoms with Crippen LogP contribution in [0.2, 0.25) is 0 Å². The Balaban J connectivity index is 1.44. The second-order valence-corrected chi connectivity index (χ2v) is 10.6. The Bertz CT molecular complexity index is 967. The smallest absolute Gasteiger partial charge is 0.339 e. The Morgan fingerprint density at radius 1 is 0.818 bits per heavy atom. The zero-order chi connectivity index (χ0) is 24.1. The lowest BCUT2D eigenvalue weighted by molar-refractivity contribution is 0.0693. The van der Waals surface area contributed by atoms with Gasteiger partial charge in [0.1, 0.15) is 17.1 Å². The largest absolute Gasteiger partial charge is 0.507 e. The second-order valence-electron chi connectivity index (χ2n) is 8.50. The summed E-state index contributed by atoms with van der Waals surface area (Å²) in [6, 6.07) is 11.3. The summed E-state index contributed by atoms with van der Waals surface area (Å²) >= 11 is 0. The van der Waals surface area contributed by atoms with Crippen molar-refractivity contribution in [1.29, 1.82) is 0 Å². The molecule has 0 spiro atoms. The predicted molar refractivity (Wildman–Crippen MR) is 130 cm³/mol. The first-order valence-corrected chi connectivity index (χ1v) is 13.4. The first-order chi connectivity index (χ1) is 15.8. The van der Waals surface area contributed by atoms with E-state index in [0.29, 0.717) is 23.7 Å². The number of carboxylic acid groups (broad SMARTS) is 1. The number of rotatable bonds is 16. The molecule has 2 N–H and O–H groups in total. The molecule has 6 nitrogen and oxygen atoms in total. The molecule has 2 aromatic carbocycles. The fourth-order valence-corrected chi connectivity index (χ4v) is 5.01. The summed E-state index contributed by atoms with van der Waals surface area (Å²) in [5.74, 6) is -0.760. The molecule has 0 aliphatic carbocycles. The molecule has 182 valence electrons. The van der Waals surface area contributed by atoms with Crippen LogP contribution in [0.1, 0.15) is 80.1 Å². The minimum absolute atomic E-state index is 0.152. The molecule has 0 heterocycles. The van der Waals surface area contributed by atoms with Gasteiger partial charge >= 0.3 is 5.97 Å². The minimum atomic E-state index is -3.16. The zero-order valence-corrected chi connectivity index (χ0v) is 20.3. The van der Waals surface area contributed by atoms with Gasteiger partial charge in [0, 0.05) is 0 Å². The van der Waals surface area contributed by atoms with Crippen molar-refractivity contribution in [3.05, 3.63) is 53.6 Å². The van der Waals surface area contributed by atoms with E-state index in [9.17, 15) is 18.3 Å². The molecule has 0 fully saturated rings. The summed E-state index contributed by atoms with van der Waals surface area (Å²) in [5.41, 5.74) is 0.910. The number of aromatic hydroxyl groups is 1. The van der Waals surface area contributed by atoms with Gasteiger partial charge in [-0.3, -0.25) is 0 Å². The Morgan fingerprint density at radius 3 is 1.94 bits per heavy atom. The van der Waals surface area contributed by atoms with Crippen molar-refractivity contribution in [1.82, 2.24) is 0 Å². The Morgan fingerprint density at radius 2 is 1.36 bits per heavy atom. The maximum atomic E-state index is 12.3. The highest BCUT2D eigenvalue weighted by molar-refractivity contribution is 7.91. The average molecular weight is 477 g/mol. The number of benzene rings is 2. The van der Waals surface area contributed by atoms with E-state index in [1.165, 1.54) is 31.4 Å². The first-order valence-electron chi connectivity index (χ1n) is 11.8.